The third-order valence-electron chi connectivity index (χ3n) is 0.861. The molecule has 1 heterocycles. The molecule has 0 saturated heterocycles. The molecule has 1 unspecified atom stereocenters. The van der Waals surface area contributed by atoms with Gasteiger partial charge < -0.3 is 0 Å². The van der Waals surface area contributed by atoms with Crippen molar-refractivity contribution in [2.75, 3.05) is 0 Å². The smallest absolute Gasteiger partial charge is 0.282 e. The second-order valence-corrected chi connectivity index (χ2v) is 3.19. The van der Waals surface area contributed by atoms with E-state index in [-0.39, 0.29) is 0 Å². The highest BCUT2D eigenvalue weighted by molar-refractivity contribution is 7.86. The van der Waals surface area contributed by atoms with Gasteiger partial charge in [-0.05, 0) is 6.92 Å². The molecule has 6 nitrogen and oxygen atoms in total. The second kappa shape index (κ2) is 2.19. The first-order valence-corrected chi connectivity index (χ1v) is 3.93. The van der Waals surface area contributed by atoms with Crippen molar-refractivity contribution in [3.05, 3.63) is 0 Å². The number of aliphatic imine (C=N–C) groups is 1. The lowest BCUT2D eigenvalue weighted by Gasteiger charge is -1.99. The Morgan fingerprint density at radius 2 is 2.40 bits per heavy atom. The maximum atomic E-state index is 10.3. The average molecular weight is 166 g/mol. The second-order valence-electron chi connectivity index (χ2n) is 1.76. The lowest BCUT2D eigenvalue weighted by Crippen LogP contribution is -2.22. The number of hydroxylamine groups is 1. The van der Waals surface area contributed by atoms with Gasteiger partial charge in [0.05, 0.1) is 0 Å². The van der Waals surface area contributed by atoms with Gasteiger partial charge >= 0.3 is 15.7 Å². The van der Waals surface area contributed by atoms with Crippen molar-refractivity contribution in [3.8, 4) is 0 Å². The van der Waals surface area contributed by atoms with Crippen LogP contribution in [0.15, 0.2) is 4.99 Å². The van der Waals surface area contributed by atoms with Crippen LogP contribution in [0.5, 0.6) is 0 Å². The van der Waals surface area contributed by atoms with Gasteiger partial charge in [-0.15, -0.1) is 0 Å². The van der Waals surface area contributed by atoms with Gasteiger partial charge in [0.25, 0.3) is 0 Å². The fourth-order valence-corrected chi connectivity index (χ4v) is 0.935. The number of rotatable bonds is 1. The van der Waals surface area contributed by atoms with Crippen LogP contribution in [0.2, 0.25) is 0 Å². The minimum Gasteiger partial charge on any atom is -0.282 e. The molecular weight excluding hydrogens is 160 g/mol. The zero-order chi connectivity index (χ0) is 7.78. The van der Waals surface area contributed by atoms with Crippen LogP contribution in [0, 0.1) is 0 Å². The van der Waals surface area contributed by atoms with Crippen molar-refractivity contribution in [2.24, 2.45) is 4.99 Å². The number of amidine groups is 1. The molecule has 0 spiro atoms. The molecule has 0 saturated carbocycles. The van der Waals surface area contributed by atoms with Crippen LogP contribution < -0.4 is 5.48 Å². The molecule has 0 radical (unpaired) electrons. The van der Waals surface area contributed by atoms with Crippen LogP contribution in [0.4, 0.5) is 0 Å². The van der Waals surface area contributed by atoms with Crippen LogP contribution in [-0.2, 0) is 15.0 Å². The summed E-state index contributed by atoms with van der Waals surface area (Å²) < 4.78 is 28.9. The number of hydrogen-bond acceptors (Lipinski definition) is 5. The van der Waals surface area contributed by atoms with Crippen molar-refractivity contribution in [1.29, 1.82) is 0 Å². The standard InChI is InChI=1S/C3H6N2O4S/c1-2-4-3(9-5-2)10(6,7)8/h3H,1H3,(H,4,5)(H,6,7,8). The Balaban J connectivity index is 2.81. The number of nitrogens with one attached hydrogen (secondary N) is 1. The van der Waals surface area contributed by atoms with E-state index in [1.54, 1.807) is 0 Å². The Hall–Kier alpha value is -0.660. The summed E-state index contributed by atoms with van der Waals surface area (Å²) in [6.07, 6.45) is 0. The molecule has 0 bridgehead atoms. The maximum Gasteiger partial charge on any atom is 0.316 e. The van der Waals surface area contributed by atoms with Crippen LogP contribution in [0.25, 0.3) is 0 Å². The van der Waals surface area contributed by atoms with E-state index in [1.807, 2.05) is 0 Å². The van der Waals surface area contributed by atoms with Crippen LogP contribution >= 0.6 is 0 Å². The van der Waals surface area contributed by atoms with Gasteiger partial charge in [0.15, 0.2) is 0 Å². The van der Waals surface area contributed by atoms with Crippen LogP contribution in [0.3, 0.4) is 0 Å². The van der Waals surface area contributed by atoms with Gasteiger partial charge in [-0.3, -0.25) is 4.55 Å². The van der Waals surface area contributed by atoms with E-state index in [0.29, 0.717) is 5.84 Å². The molecule has 0 amide bonds. The normalized spacial score (nSPS) is 25.8. The van der Waals surface area contributed by atoms with Gasteiger partial charge in [0.1, 0.15) is 5.84 Å². The molecule has 1 rings (SSSR count). The van der Waals surface area contributed by atoms with Crippen LogP contribution in [-0.4, -0.2) is 24.4 Å². The topological polar surface area (TPSA) is 88.0 Å². The highest BCUT2D eigenvalue weighted by atomic mass is 32.2. The number of hydrogen-bond donors (Lipinski definition) is 2. The number of nitrogens with zero attached hydrogens (tertiary/aromatic N) is 1. The van der Waals surface area contributed by atoms with E-state index in [1.165, 1.54) is 6.92 Å². The van der Waals surface area contributed by atoms with E-state index in [2.05, 4.69) is 15.3 Å². The highest BCUT2D eigenvalue weighted by Gasteiger charge is 2.27. The molecule has 2 N–H and O–H groups in total. The lowest BCUT2D eigenvalue weighted by atomic mass is 10.7. The van der Waals surface area contributed by atoms with Crippen molar-refractivity contribution < 1.29 is 17.8 Å². The van der Waals surface area contributed by atoms with E-state index in [0.717, 1.165) is 0 Å². The van der Waals surface area contributed by atoms with Crippen molar-refractivity contribution >= 4 is 16.0 Å². The summed E-state index contributed by atoms with van der Waals surface area (Å²) in [7, 11) is -4.21. The van der Waals surface area contributed by atoms with Gasteiger partial charge in [-0.2, -0.15) is 8.42 Å². The maximum absolute atomic E-state index is 10.3. The lowest BCUT2D eigenvalue weighted by molar-refractivity contribution is 0.0803. The summed E-state index contributed by atoms with van der Waals surface area (Å²) in [5.41, 5.74) is 0.680. The van der Waals surface area contributed by atoms with E-state index in [4.69, 9.17) is 4.55 Å². The fraction of sp³-hybridized carbons (Fsp3) is 0.667. The van der Waals surface area contributed by atoms with E-state index < -0.39 is 15.7 Å². The first kappa shape index (κ1) is 7.45. The molecule has 0 aromatic heterocycles. The monoisotopic (exact) mass is 166 g/mol. The molecule has 10 heavy (non-hydrogen) atoms. The predicted molar refractivity (Wildman–Crippen MR) is 32.7 cm³/mol. The van der Waals surface area contributed by atoms with Crippen molar-refractivity contribution in [3.63, 3.8) is 0 Å². The molecular formula is C3H6N2O4S. The zero-order valence-electron chi connectivity index (χ0n) is 5.10. The molecule has 7 heteroatoms. The average Bonchev–Trinajstić information content (AvgIpc) is 2.11. The Kier molecular flexibility index (Phi) is 1.63. The van der Waals surface area contributed by atoms with Crippen molar-refractivity contribution in [2.45, 2.75) is 12.5 Å². The molecule has 58 valence electrons. The van der Waals surface area contributed by atoms with Gasteiger partial charge in [-0.25, -0.2) is 15.3 Å². The molecule has 0 aromatic rings. The summed E-state index contributed by atoms with van der Waals surface area (Å²) in [5, 5.41) is 0. The Morgan fingerprint density at radius 1 is 1.80 bits per heavy atom. The van der Waals surface area contributed by atoms with E-state index >= 15 is 0 Å². The first-order chi connectivity index (χ1) is 4.50. The Bertz CT molecular complexity index is 256. The zero-order valence-corrected chi connectivity index (χ0v) is 5.92. The fourth-order valence-electron chi connectivity index (χ4n) is 0.474. The van der Waals surface area contributed by atoms with Crippen LogP contribution in [0.1, 0.15) is 6.92 Å². The molecule has 1 atom stereocenters. The first-order valence-electron chi connectivity index (χ1n) is 2.42. The molecule has 0 aromatic carbocycles. The summed E-state index contributed by atoms with van der Waals surface area (Å²) in [4.78, 5) is 7.74. The van der Waals surface area contributed by atoms with Crippen molar-refractivity contribution in [1.82, 2.24) is 5.48 Å². The molecule has 1 aliphatic rings. The quantitative estimate of drug-likeness (QED) is 0.493. The summed E-state index contributed by atoms with van der Waals surface area (Å²) in [6.45, 7) is 1.52. The summed E-state index contributed by atoms with van der Waals surface area (Å²) >= 11 is 0. The molecule has 0 fully saturated rings. The molecule has 1 aliphatic heterocycles. The minimum atomic E-state index is -4.21. The summed E-state index contributed by atoms with van der Waals surface area (Å²) in [6, 6.07) is 0. The SMILES string of the molecule is CC1=NC(S(=O)(=O)O)ON1. The molecule has 0 aliphatic carbocycles. The van der Waals surface area contributed by atoms with Gasteiger partial charge in [-0.1, -0.05) is 0 Å². The third-order valence-corrected chi connectivity index (χ3v) is 1.57. The Morgan fingerprint density at radius 3 is 2.60 bits per heavy atom. The van der Waals surface area contributed by atoms with Gasteiger partial charge in [0.2, 0.25) is 0 Å². The van der Waals surface area contributed by atoms with Gasteiger partial charge in [0, 0.05) is 0 Å². The van der Waals surface area contributed by atoms with E-state index in [9.17, 15) is 8.42 Å². The highest BCUT2D eigenvalue weighted by Crippen LogP contribution is 2.05. The Labute approximate surface area is 57.6 Å². The summed E-state index contributed by atoms with van der Waals surface area (Å²) in [5.74, 6) is 0.322. The third kappa shape index (κ3) is 1.43. The largest absolute Gasteiger partial charge is 0.316 e. The predicted octanol–water partition coefficient (Wildman–Crippen LogP) is -0.889. The minimum absolute atomic E-state index is 0.322.